The van der Waals surface area contributed by atoms with Crippen LogP contribution in [0, 0.1) is 13.8 Å². The summed E-state index contributed by atoms with van der Waals surface area (Å²) in [6.45, 7) is 4.05. The van der Waals surface area contributed by atoms with E-state index in [1.807, 2.05) is 31.2 Å². The second kappa shape index (κ2) is 6.66. The molecule has 3 aromatic rings. The van der Waals surface area contributed by atoms with Crippen molar-refractivity contribution in [2.75, 3.05) is 12.0 Å². The van der Waals surface area contributed by atoms with E-state index in [-0.39, 0.29) is 12.5 Å². The average Bonchev–Trinajstić information content (AvgIpc) is 2.95. The van der Waals surface area contributed by atoms with E-state index in [4.69, 9.17) is 4.74 Å². The van der Waals surface area contributed by atoms with E-state index in [1.54, 1.807) is 12.1 Å². The first-order valence-corrected chi connectivity index (χ1v) is 8.04. The van der Waals surface area contributed by atoms with Gasteiger partial charge >= 0.3 is 0 Å². The summed E-state index contributed by atoms with van der Waals surface area (Å²) in [5.74, 6) is 0.398. The fourth-order valence-corrected chi connectivity index (χ4v) is 3.12. The number of benzene rings is 2. The Bertz CT molecular complexity index is 830. The van der Waals surface area contributed by atoms with Crippen LogP contribution in [-0.4, -0.2) is 17.5 Å². The lowest BCUT2D eigenvalue weighted by Gasteiger charge is -2.07. The highest BCUT2D eigenvalue weighted by Crippen LogP contribution is 2.29. The molecule has 0 aliphatic carbocycles. The molecule has 0 saturated carbocycles. The number of para-hydroxylation sites is 1. The maximum Gasteiger partial charge on any atom is 0.276 e. The second-order valence-electron chi connectivity index (χ2n) is 5.22. The van der Waals surface area contributed by atoms with Crippen LogP contribution in [0.15, 0.2) is 42.5 Å². The highest BCUT2D eigenvalue weighted by Gasteiger charge is 2.08. The van der Waals surface area contributed by atoms with Crippen molar-refractivity contribution in [1.82, 2.24) is 10.4 Å². The molecule has 0 radical (unpaired) electrons. The highest BCUT2D eigenvalue weighted by molar-refractivity contribution is 7.22. The average molecular weight is 327 g/mol. The number of hydrogen-bond acceptors (Lipinski definition) is 5. The highest BCUT2D eigenvalue weighted by atomic mass is 32.1. The number of fused-ring (bicyclic) bond motifs is 1. The summed E-state index contributed by atoms with van der Waals surface area (Å²) in [7, 11) is 0. The van der Waals surface area contributed by atoms with E-state index in [0.717, 1.165) is 10.2 Å². The number of hydrazine groups is 1. The van der Waals surface area contributed by atoms with Gasteiger partial charge in [-0.25, -0.2) is 4.98 Å². The van der Waals surface area contributed by atoms with Gasteiger partial charge < -0.3 is 4.74 Å². The number of aromatic nitrogens is 1. The van der Waals surface area contributed by atoms with Crippen LogP contribution in [0.5, 0.6) is 5.75 Å². The third-order valence-electron chi connectivity index (χ3n) is 3.24. The second-order valence-corrected chi connectivity index (χ2v) is 6.22. The summed E-state index contributed by atoms with van der Waals surface area (Å²) >= 11 is 1.51. The van der Waals surface area contributed by atoms with Crippen molar-refractivity contribution in [3.63, 3.8) is 0 Å². The zero-order chi connectivity index (χ0) is 16.2. The minimum atomic E-state index is -0.263. The molecule has 0 bridgehead atoms. The summed E-state index contributed by atoms with van der Waals surface area (Å²) < 4.78 is 6.50. The fourth-order valence-electron chi connectivity index (χ4n) is 2.25. The van der Waals surface area contributed by atoms with Gasteiger partial charge in [0.15, 0.2) is 6.61 Å². The summed E-state index contributed by atoms with van der Waals surface area (Å²) in [5, 5.41) is 0.654. The number of hydrogen-bond donors (Lipinski definition) is 2. The van der Waals surface area contributed by atoms with E-state index >= 15 is 0 Å². The zero-order valence-electron chi connectivity index (χ0n) is 12.9. The summed E-state index contributed by atoms with van der Waals surface area (Å²) in [6, 6.07) is 13.4. The molecule has 2 N–H and O–H groups in total. The molecule has 23 heavy (non-hydrogen) atoms. The van der Waals surface area contributed by atoms with E-state index in [9.17, 15) is 4.79 Å². The SMILES string of the molecule is Cc1cc(C)c2sc(NNC(=O)COc3ccccc3)nc2c1. The molecule has 3 rings (SSSR count). The minimum absolute atomic E-state index is 0.0555. The lowest BCUT2D eigenvalue weighted by atomic mass is 10.1. The molecule has 1 amide bonds. The molecule has 0 aliphatic rings. The molecule has 0 atom stereocenters. The van der Waals surface area contributed by atoms with E-state index < -0.39 is 0 Å². The summed E-state index contributed by atoms with van der Waals surface area (Å²) in [5.41, 5.74) is 8.74. The number of nitrogens with one attached hydrogen (secondary N) is 2. The van der Waals surface area contributed by atoms with E-state index in [2.05, 4.69) is 28.8 Å². The first-order chi connectivity index (χ1) is 11.1. The number of amides is 1. The molecule has 118 valence electrons. The Balaban J connectivity index is 1.57. The Morgan fingerprint density at radius 2 is 2.00 bits per heavy atom. The molecule has 1 aromatic heterocycles. The molecule has 2 aromatic carbocycles. The molecular weight excluding hydrogens is 310 g/mol. The summed E-state index contributed by atoms with van der Waals surface area (Å²) in [6.07, 6.45) is 0. The first-order valence-electron chi connectivity index (χ1n) is 7.22. The van der Waals surface area contributed by atoms with Gasteiger partial charge in [0.05, 0.1) is 10.2 Å². The molecular formula is C17H17N3O2S. The third-order valence-corrected chi connectivity index (χ3v) is 4.36. The van der Waals surface area contributed by atoms with Gasteiger partial charge in [-0.1, -0.05) is 35.6 Å². The molecule has 0 aliphatic heterocycles. The predicted molar refractivity (Wildman–Crippen MR) is 92.8 cm³/mol. The predicted octanol–water partition coefficient (Wildman–Crippen LogP) is 3.44. The number of anilines is 1. The monoisotopic (exact) mass is 327 g/mol. The smallest absolute Gasteiger partial charge is 0.276 e. The van der Waals surface area contributed by atoms with Gasteiger partial charge in [0, 0.05) is 0 Å². The Morgan fingerprint density at radius 1 is 1.22 bits per heavy atom. The number of rotatable bonds is 5. The largest absolute Gasteiger partial charge is 0.484 e. The number of aryl methyl sites for hydroxylation is 2. The number of carbonyl (C=O) groups is 1. The standard InChI is InChI=1S/C17H17N3O2S/c1-11-8-12(2)16-14(9-11)18-17(23-16)20-19-15(21)10-22-13-6-4-3-5-7-13/h3-9H,10H2,1-2H3,(H,18,20)(H,19,21). The van der Waals surface area contributed by atoms with Crippen molar-refractivity contribution in [1.29, 1.82) is 0 Å². The van der Waals surface area contributed by atoms with Crippen LogP contribution in [0.3, 0.4) is 0 Å². The molecule has 0 fully saturated rings. The lowest BCUT2D eigenvalue weighted by Crippen LogP contribution is -2.33. The number of thiazole rings is 1. The Kier molecular flexibility index (Phi) is 4.43. The Morgan fingerprint density at radius 3 is 2.78 bits per heavy atom. The molecule has 0 unspecified atom stereocenters. The van der Waals surface area contributed by atoms with Crippen LogP contribution in [0.1, 0.15) is 11.1 Å². The number of carbonyl (C=O) groups excluding carboxylic acids is 1. The number of ether oxygens (including phenoxy) is 1. The van der Waals surface area contributed by atoms with Crippen LogP contribution in [0.2, 0.25) is 0 Å². The summed E-state index contributed by atoms with van der Waals surface area (Å²) in [4.78, 5) is 16.3. The quantitative estimate of drug-likeness (QED) is 0.705. The molecule has 1 heterocycles. The van der Waals surface area contributed by atoms with Crippen LogP contribution >= 0.6 is 11.3 Å². The first kappa shape index (κ1) is 15.3. The van der Waals surface area contributed by atoms with Gasteiger partial charge in [0.2, 0.25) is 5.13 Å². The minimum Gasteiger partial charge on any atom is -0.484 e. The van der Waals surface area contributed by atoms with E-state index in [0.29, 0.717) is 10.9 Å². The van der Waals surface area contributed by atoms with Gasteiger partial charge in [-0.3, -0.25) is 15.6 Å². The van der Waals surface area contributed by atoms with Crippen LogP contribution in [0.25, 0.3) is 10.2 Å². The lowest BCUT2D eigenvalue weighted by molar-refractivity contribution is -0.122. The van der Waals surface area contributed by atoms with Crippen LogP contribution in [-0.2, 0) is 4.79 Å². The normalized spacial score (nSPS) is 10.5. The number of nitrogens with zero attached hydrogens (tertiary/aromatic N) is 1. The van der Waals surface area contributed by atoms with Crippen molar-refractivity contribution >= 4 is 32.6 Å². The van der Waals surface area contributed by atoms with E-state index in [1.165, 1.54) is 22.5 Å². The maximum atomic E-state index is 11.8. The maximum absolute atomic E-state index is 11.8. The third kappa shape index (κ3) is 3.78. The van der Waals surface area contributed by atoms with Gasteiger partial charge in [-0.05, 0) is 43.2 Å². The zero-order valence-corrected chi connectivity index (χ0v) is 13.7. The van der Waals surface area contributed by atoms with Crippen molar-refractivity contribution in [2.45, 2.75) is 13.8 Å². The Hall–Kier alpha value is -2.60. The van der Waals surface area contributed by atoms with Crippen LogP contribution < -0.4 is 15.6 Å². The van der Waals surface area contributed by atoms with Crippen molar-refractivity contribution < 1.29 is 9.53 Å². The Labute approximate surface area is 138 Å². The van der Waals surface area contributed by atoms with Crippen LogP contribution in [0.4, 0.5) is 5.13 Å². The van der Waals surface area contributed by atoms with Gasteiger partial charge in [-0.15, -0.1) is 0 Å². The molecule has 0 spiro atoms. The van der Waals surface area contributed by atoms with Gasteiger partial charge in [0.25, 0.3) is 5.91 Å². The van der Waals surface area contributed by atoms with Gasteiger partial charge in [0.1, 0.15) is 5.75 Å². The van der Waals surface area contributed by atoms with Gasteiger partial charge in [-0.2, -0.15) is 0 Å². The molecule has 5 nitrogen and oxygen atoms in total. The van der Waals surface area contributed by atoms with Crippen molar-refractivity contribution in [3.05, 3.63) is 53.6 Å². The van der Waals surface area contributed by atoms with Crippen molar-refractivity contribution in [3.8, 4) is 5.75 Å². The topological polar surface area (TPSA) is 63.2 Å². The fraction of sp³-hybridized carbons (Fsp3) is 0.176. The molecule has 0 saturated heterocycles. The molecule has 6 heteroatoms. The van der Waals surface area contributed by atoms with Crippen molar-refractivity contribution in [2.24, 2.45) is 0 Å².